The molecule has 1 aliphatic heterocycles. The van der Waals surface area contributed by atoms with Crippen molar-refractivity contribution < 1.29 is 5.11 Å². The molecule has 6 nitrogen and oxygen atoms in total. The Kier molecular flexibility index (Phi) is 3.23. The largest absolute Gasteiger partial charge is 0.393 e. The average Bonchev–Trinajstić information content (AvgIpc) is 3.00. The summed E-state index contributed by atoms with van der Waals surface area (Å²) in [4.78, 5) is 18.5. The van der Waals surface area contributed by atoms with Gasteiger partial charge in [-0.3, -0.25) is 4.98 Å². The number of aromatic nitrogens is 4. The lowest BCUT2D eigenvalue weighted by atomic mass is 10.1. The molecule has 4 heterocycles. The summed E-state index contributed by atoms with van der Waals surface area (Å²) in [6, 6.07) is 4.05. The molecule has 0 amide bonds. The number of pyridine rings is 1. The van der Waals surface area contributed by atoms with Crippen molar-refractivity contribution in [2.24, 2.45) is 0 Å². The Bertz CT molecular complexity index is 742. The van der Waals surface area contributed by atoms with E-state index in [-0.39, 0.29) is 6.10 Å². The SMILES string of the molecule is OC1CCN(c2ncc(-c3cc4ccncc4[nH]3)cn2)CC1. The van der Waals surface area contributed by atoms with Crippen LogP contribution in [0, 0.1) is 0 Å². The Morgan fingerprint density at radius 1 is 1.14 bits per heavy atom. The number of piperidine rings is 1. The Balaban J connectivity index is 1.58. The van der Waals surface area contributed by atoms with E-state index in [0.29, 0.717) is 0 Å². The van der Waals surface area contributed by atoms with Crippen LogP contribution in [0.25, 0.3) is 22.2 Å². The fourth-order valence-electron chi connectivity index (χ4n) is 2.82. The maximum absolute atomic E-state index is 9.56. The molecule has 1 saturated heterocycles. The third kappa shape index (κ3) is 2.42. The van der Waals surface area contributed by atoms with Crippen LogP contribution in [0.4, 0.5) is 5.95 Å². The minimum absolute atomic E-state index is 0.185. The van der Waals surface area contributed by atoms with Crippen LogP contribution in [-0.4, -0.2) is 44.2 Å². The van der Waals surface area contributed by atoms with Crippen LogP contribution in [0.15, 0.2) is 36.9 Å². The number of fused-ring (bicyclic) bond motifs is 1. The molecule has 4 rings (SSSR count). The summed E-state index contributed by atoms with van der Waals surface area (Å²) >= 11 is 0. The molecular formula is C16H17N5O. The summed E-state index contributed by atoms with van der Waals surface area (Å²) in [7, 11) is 0. The summed E-state index contributed by atoms with van der Waals surface area (Å²) in [6.07, 6.45) is 8.64. The first-order valence-electron chi connectivity index (χ1n) is 7.48. The quantitative estimate of drug-likeness (QED) is 0.756. The van der Waals surface area contributed by atoms with Gasteiger partial charge in [-0.25, -0.2) is 9.97 Å². The number of aliphatic hydroxyl groups excluding tert-OH is 1. The number of nitrogens with zero attached hydrogens (tertiary/aromatic N) is 4. The number of aliphatic hydroxyl groups is 1. The topological polar surface area (TPSA) is 77.9 Å². The van der Waals surface area contributed by atoms with E-state index < -0.39 is 0 Å². The highest BCUT2D eigenvalue weighted by Crippen LogP contribution is 2.23. The van der Waals surface area contributed by atoms with Crippen LogP contribution in [0.3, 0.4) is 0 Å². The van der Waals surface area contributed by atoms with Crippen LogP contribution in [0.1, 0.15) is 12.8 Å². The van der Waals surface area contributed by atoms with Gasteiger partial charge in [0.1, 0.15) is 0 Å². The monoisotopic (exact) mass is 295 g/mol. The highest BCUT2D eigenvalue weighted by atomic mass is 16.3. The van der Waals surface area contributed by atoms with Crippen molar-refractivity contribution in [1.29, 1.82) is 0 Å². The number of anilines is 1. The smallest absolute Gasteiger partial charge is 0.225 e. The molecule has 0 aromatic carbocycles. The molecule has 0 spiro atoms. The van der Waals surface area contributed by atoms with Gasteiger partial charge >= 0.3 is 0 Å². The number of rotatable bonds is 2. The lowest BCUT2D eigenvalue weighted by Crippen LogP contribution is -2.36. The number of H-pyrrole nitrogens is 1. The maximum Gasteiger partial charge on any atom is 0.225 e. The third-order valence-corrected chi connectivity index (χ3v) is 4.12. The minimum atomic E-state index is -0.185. The molecule has 0 saturated carbocycles. The predicted molar refractivity (Wildman–Crippen MR) is 84.6 cm³/mol. The van der Waals surface area contributed by atoms with Crippen LogP contribution >= 0.6 is 0 Å². The number of nitrogens with one attached hydrogen (secondary N) is 1. The number of hydrogen-bond acceptors (Lipinski definition) is 5. The molecule has 0 bridgehead atoms. The second-order valence-corrected chi connectivity index (χ2v) is 5.64. The van der Waals surface area contributed by atoms with Gasteiger partial charge in [0.15, 0.2) is 0 Å². The van der Waals surface area contributed by atoms with E-state index in [1.165, 1.54) is 0 Å². The standard InChI is InChI=1S/C16H17N5O/c22-13-2-5-21(6-3-13)16-18-8-12(9-19-16)14-7-11-1-4-17-10-15(11)20-14/h1,4,7-10,13,20,22H,2-3,5-6H2. The second-order valence-electron chi connectivity index (χ2n) is 5.64. The van der Waals surface area contributed by atoms with Gasteiger partial charge in [0.05, 0.1) is 17.8 Å². The van der Waals surface area contributed by atoms with Crippen molar-refractivity contribution in [2.45, 2.75) is 18.9 Å². The third-order valence-electron chi connectivity index (χ3n) is 4.12. The minimum Gasteiger partial charge on any atom is -0.393 e. The molecule has 1 aliphatic rings. The van der Waals surface area contributed by atoms with Gasteiger partial charge in [0, 0.05) is 48.3 Å². The lowest BCUT2D eigenvalue weighted by molar-refractivity contribution is 0.145. The van der Waals surface area contributed by atoms with Crippen molar-refractivity contribution in [1.82, 2.24) is 19.9 Å². The molecule has 0 atom stereocenters. The van der Waals surface area contributed by atoms with Gasteiger partial charge in [-0.1, -0.05) is 0 Å². The fraction of sp³-hybridized carbons (Fsp3) is 0.312. The van der Waals surface area contributed by atoms with Gasteiger partial charge in [0.25, 0.3) is 0 Å². The van der Waals surface area contributed by atoms with E-state index in [4.69, 9.17) is 0 Å². The lowest BCUT2D eigenvalue weighted by Gasteiger charge is -2.29. The van der Waals surface area contributed by atoms with Crippen molar-refractivity contribution >= 4 is 16.9 Å². The van der Waals surface area contributed by atoms with E-state index in [0.717, 1.165) is 54.0 Å². The zero-order valence-corrected chi connectivity index (χ0v) is 12.1. The number of hydrogen-bond donors (Lipinski definition) is 2. The Hall–Kier alpha value is -2.47. The second kappa shape index (κ2) is 5.38. The molecule has 0 aliphatic carbocycles. The highest BCUT2D eigenvalue weighted by Gasteiger charge is 2.19. The van der Waals surface area contributed by atoms with Crippen molar-refractivity contribution in [2.75, 3.05) is 18.0 Å². The summed E-state index contributed by atoms with van der Waals surface area (Å²) in [5, 5.41) is 10.7. The van der Waals surface area contributed by atoms with Gasteiger partial charge in [-0.05, 0) is 25.0 Å². The maximum atomic E-state index is 9.56. The molecule has 3 aromatic rings. The van der Waals surface area contributed by atoms with Gasteiger partial charge in [-0.2, -0.15) is 0 Å². The van der Waals surface area contributed by atoms with E-state index >= 15 is 0 Å². The fourth-order valence-corrected chi connectivity index (χ4v) is 2.82. The normalized spacial score (nSPS) is 16.3. The predicted octanol–water partition coefficient (Wildman–Crippen LogP) is 1.98. The van der Waals surface area contributed by atoms with E-state index in [2.05, 4.69) is 30.9 Å². The van der Waals surface area contributed by atoms with E-state index in [9.17, 15) is 5.11 Å². The van der Waals surface area contributed by atoms with Crippen LogP contribution in [-0.2, 0) is 0 Å². The summed E-state index contributed by atoms with van der Waals surface area (Å²) in [5.41, 5.74) is 2.95. The number of aromatic amines is 1. The molecule has 1 fully saturated rings. The molecule has 112 valence electrons. The molecule has 0 radical (unpaired) electrons. The van der Waals surface area contributed by atoms with Crippen LogP contribution in [0.2, 0.25) is 0 Å². The van der Waals surface area contributed by atoms with Crippen LogP contribution in [0.5, 0.6) is 0 Å². The van der Waals surface area contributed by atoms with Crippen molar-refractivity contribution in [3.05, 3.63) is 36.9 Å². The molecule has 3 aromatic heterocycles. The van der Waals surface area contributed by atoms with Crippen LogP contribution < -0.4 is 4.90 Å². The zero-order chi connectivity index (χ0) is 14.9. The highest BCUT2D eigenvalue weighted by molar-refractivity contribution is 5.84. The molecule has 22 heavy (non-hydrogen) atoms. The van der Waals surface area contributed by atoms with Crippen molar-refractivity contribution in [3.8, 4) is 11.3 Å². The Labute approximate surface area is 127 Å². The Morgan fingerprint density at radius 2 is 1.91 bits per heavy atom. The van der Waals surface area contributed by atoms with Crippen molar-refractivity contribution in [3.63, 3.8) is 0 Å². The average molecular weight is 295 g/mol. The summed E-state index contributed by atoms with van der Waals surface area (Å²) in [6.45, 7) is 1.61. The first-order valence-corrected chi connectivity index (χ1v) is 7.48. The zero-order valence-electron chi connectivity index (χ0n) is 12.1. The first kappa shape index (κ1) is 13.2. The van der Waals surface area contributed by atoms with Gasteiger partial charge in [-0.15, -0.1) is 0 Å². The molecule has 6 heteroatoms. The molecular weight excluding hydrogens is 278 g/mol. The molecule has 0 unspecified atom stereocenters. The first-order chi connectivity index (χ1) is 10.8. The van der Waals surface area contributed by atoms with E-state index in [1.807, 2.05) is 24.7 Å². The van der Waals surface area contributed by atoms with Gasteiger partial charge < -0.3 is 15.0 Å². The van der Waals surface area contributed by atoms with Gasteiger partial charge in [0.2, 0.25) is 5.95 Å². The molecule has 2 N–H and O–H groups in total. The van der Waals surface area contributed by atoms with E-state index in [1.54, 1.807) is 6.20 Å². The Morgan fingerprint density at radius 3 is 2.64 bits per heavy atom. The summed E-state index contributed by atoms with van der Waals surface area (Å²) < 4.78 is 0. The summed E-state index contributed by atoms with van der Waals surface area (Å²) in [5.74, 6) is 0.730.